The minimum atomic E-state index is -3.39. The van der Waals surface area contributed by atoms with Crippen LogP contribution in [0.1, 0.15) is 19.8 Å². The van der Waals surface area contributed by atoms with Gasteiger partial charge in [-0.2, -0.15) is 0 Å². The molecule has 0 saturated heterocycles. The standard InChI is InChI=1S/C9H15NO5S/c1-2-16(14,15)6-8(11)10(5-9(12)13)7-3-4-7/h7H,2-6H2,1H3,(H,12,13). The molecule has 1 aliphatic carbocycles. The molecule has 92 valence electrons. The maximum atomic E-state index is 11.6. The first-order valence-corrected chi connectivity index (χ1v) is 6.89. The maximum absolute atomic E-state index is 11.6. The fourth-order valence-electron chi connectivity index (χ4n) is 1.33. The highest BCUT2D eigenvalue weighted by molar-refractivity contribution is 7.92. The van der Waals surface area contributed by atoms with Gasteiger partial charge in [-0.05, 0) is 12.8 Å². The highest BCUT2D eigenvalue weighted by Crippen LogP contribution is 2.26. The third-order valence-electron chi connectivity index (χ3n) is 2.40. The van der Waals surface area contributed by atoms with Crippen molar-refractivity contribution in [2.75, 3.05) is 18.1 Å². The molecule has 1 N–H and O–H groups in total. The largest absolute Gasteiger partial charge is 0.480 e. The molecular weight excluding hydrogens is 234 g/mol. The second-order valence-corrected chi connectivity index (χ2v) is 6.18. The number of carboxylic acid groups (broad SMARTS) is 1. The number of amides is 1. The first kappa shape index (κ1) is 13.0. The Morgan fingerprint density at radius 1 is 1.38 bits per heavy atom. The van der Waals surface area contributed by atoms with E-state index in [9.17, 15) is 18.0 Å². The number of sulfone groups is 1. The predicted molar refractivity (Wildman–Crippen MR) is 56.7 cm³/mol. The van der Waals surface area contributed by atoms with E-state index in [1.165, 1.54) is 6.92 Å². The summed E-state index contributed by atoms with van der Waals surface area (Å²) in [6.07, 6.45) is 1.51. The van der Waals surface area contributed by atoms with Crippen LogP contribution in [0, 0.1) is 0 Å². The molecule has 0 spiro atoms. The van der Waals surface area contributed by atoms with Gasteiger partial charge in [0.05, 0.1) is 0 Å². The Balaban J connectivity index is 2.64. The normalized spacial score (nSPS) is 15.8. The quantitative estimate of drug-likeness (QED) is 0.685. The van der Waals surface area contributed by atoms with Crippen LogP contribution in [-0.2, 0) is 19.4 Å². The van der Waals surface area contributed by atoms with Gasteiger partial charge in [0.1, 0.15) is 12.3 Å². The number of carbonyl (C=O) groups excluding carboxylic acids is 1. The summed E-state index contributed by atoms with van der Waals surface area (Å²) < 4.78 is 22.5. The van der Waals surface area contributed by atoms with E-state index in [2.05, 4.69) is 0 Å². The predicted octanol–water partition coefficient (Wildman–Crippen LogP) is -0.503. The lowest BCUT2D eigenvalue weighted by atomic mass is 10.4. The summed E-state index contributed by atoms with van der Waals surface area (Å²) in [5.41, 5.74) is 0. The van der Waals surface area contributed by atoms with Gasteiger partial charge in [-0.1, -0.05) is 6.92 Å². The SMILES string of the molecule is CCS(=O)(=O)CC(=O)N(CC(=O)O)C1CC1. The smallest absolute Gasteiger partial charge is 0.323 e. The summed E-state index contributed by atoms with van der Waals surface area (Å²) in [6, 6.07) is -0.0874. The first-order chi connectivity index (χ1) is 7.35. The number of carbonyl (C=O) groups is 2. The summed E-state index contributed by atoms with van der Waals surface area (Å²) in [5, 5.41) is 8.62. The zero-order valence-electron chi connectivity index (χ0n) is 9.05. The Morgan fingerprint density at radius 2 is 1.94 bits per heavy atom. The average Bonchev–Trinajstić information content (AvgIpc) is 2.96. The molecule has 0 atom stereocenters. The minimum Gasteiger partial charge on any atom is -0.480 e. The van der Waals surface area contributed by atoms with E-state index in [1.807, 2.05) is 0 Å². The van der Waals surface area contributed by atoms with Crippen molar-refractivity contribution in [1.82, 2.24) is 4.90 Å². The number of carboxylic acids is 1. The molecule has 7 heteroatoms. The highest BCUT2D eigenvalue weighted by Gasteiger charge is 2.35. The van der Waals surface area contributed by atoms with Crippen LogP contribution >= 0.6 is 0 Å². The number of hydrogen-bond donors (Lipinski definition) is 1. The summed E-state index contributed by atoms with van der Waals surface area (Å²) in [7, 11) is -3.39. The second-order valence-electron chi connectivity index (χ2n) is 3.82. The van der Waals surface area contributed by atoms with Crippen molar-refractivity contribution >= 4 is 21.7 Å². The molecule has 0 heterocycles. The monoisotopic (exact) mass is 249 g/mol. The zero-order valence-corrected chi connectivity index (χ0v) is 9.87. The molecule has 0 radical (unpaired) electrons. The van der Waals surface area contributed by atoms with Crippen molar-refractivity contribution in [2.24, 2.45) is 0 Å². The molecule has 6 nitrogen and oxygen atoms in total. The van der Waals surface area contributed by atoms with Crippen molar-refractivity contribution in [2.45, 2.75) is 25.8 Å². The van der Waals surface area contributed by atoms with Gasteiger partial charge in [-0.15, -0.1) is 0 Å². The molecule has 0 aliphatic heterocycles. The Morgan fingerprint density at radius 3 is 2.31 bits per heavy atom. The van der Waals surface area contributed by atoms with E-state index in [0.717, 1.165) is 17.7 Å². The van der Waals surface area contributed by atoms with Crippen LogP contribution in [0.15, 0.2) is 0 Å². The van der Waals surface area contributed by atoms with E-state index >= 15 is 0 Å². The van der Waals surface area contributed by atoms with Gasteiger partial charge in [0.2, 0.25) is 5.91 Å². The van der Waals surface area contributed by atoms with Gasteiger partial charge < -0.3 is 10.0 Å². The lowest BCUT2D eigenvalue weighted by Gasteiger charge is -2.19. The lowest BCUT2D eigenvalue weighted by molar-refractivity contribution is -0.143. The topological polar surface area (TPSA) is 91.8 Å². The van der Waals surface area contributed by atoms with Gasteiger partial charge in [-0.25, -0.2) is 8.42 Å². The van der Waals surface area contributed by atoms with Gasteiger partial charge in [-0.3, -0.25) is 9.59 Å². The third kappa shape index (κ3) is 3.80. The molecule has 1 rings (SSSR count). The number of nitrogens with zero attached hydrogens (tertiary/aromatic N) is 1. The van der Waals surface area contributed by atoms with Crippen LogP contribution in [0.25, 0.3) is 0 Å². The lowest BCUT2D eigenvalue weighted by Crippen LogP contribution is -2.41. The summed E-state index contributed by atoms with van der Waals surface area (Å²) in [6.45, 7) is 1.05. The zero-order chi connectivity index (χ0) is 12.3. The summed E-state index contributed by atoms with van der Waals surface area (Å²) in [4.78, 5) is 23.3. The van der Waals surface area contributed by atoms with Crippen molar-refractivity contribution in [3.05, 3.63) is 0 Å². The second kappa shape index (κ2) is 4.82. The molecule has 1 saturated carbocycles. The molecule has 0 aromatic rings. The molecule has 16 heavy (non-hydrogen) atoms. The highest BCUT2D eigenvalue weighted by atomic mass is 32.2. The van der Waals surface area contributed by atoms with Crippen LogP contribution in [0.4, 0.5) is 0 Å². The third-order valence-corrected chi connectivity index (χ3v) is 3.96. The molecule has 1 aliphatic rings. The Bertz CT molecular complexity index is 385. The average molecular weight is 249 g/mol. The van der Waals surface area contributed by atoms with Crippen molar-refractivity contribution in [3.63, 3.8) is 0 Å². The molecule has 0 aromatic heterocycles. The van der Waals surface area contributed by atoms with Crippen LogP contribution in [0.3, 0.4) is 0 Å². The minimum absolute atomic E-state index is 0.0874. The van der Waals surface area contributed by atoms with Crippen molar-refractivity contribution < 1.29 is 23.1 Å². The number of rotatable bonds is 6. The fourth-order valence-corrected chi connectivity index (χ4v) is 2.07. The van der Waals surface area contributed by atoms with E-state index in [4.69, 9.17) is 5.11 Å². The molecule has 0 bridgehead atoms. The van der Waals surface area contributed by atoms with Crippen molar-refractivity contribution in [1.29, 1.82) is 0 Å². The molecule has 0 aromatic carbocycles. The molecule has 1 fully saturated rings. The Labute approximate surface area is 94.2 Å². The first-order valence-electron chi connectivity index (χ1n) is 5.07. The Hall–Kier alpha value is -1.11. The van der Waals surface area contributed by atoms with E-state index < -0.39 is 34.0 Å². The van der Waals surface area contributed by atoms with Crippen LogP contribution in [0.5, 0.6) is 0 Å². The van der Waals surface area contributed by atoms with Gasteiger partial charge in [0.25, 0.3) is 0 Å². The maximum Gasteiger partial charge on any atom is 0.323 e. The van der Waals surface area contributed by atoms with Crippen LogP contribution in [0.2, 0.25) is 0 Å². The van der Waals surface area contributed by atoms with Crippen molar-refractivity contribution in [3.8, 4) is 0 Å². The van der Waals surface area contributed by atoms with Gasteiger partial charge in [0, 0.05) is 11.8 Å². The molecule has 0 unspecified atom stereocenters. The van der Waals surface area contributed by atoms with Gasteiger partial charge >= 0.3 is 5.97 Å². The molecular formula is C9H15NO5S. The van der Waals surface area contributed by atoms with E-state index in [1.54, 1.807) is 0 Å². The fraction of sp³-hybridized carbons (Fsp3) is 0.778. The van der Waals surface area contributed by atoms with Crippen LogP contribution < -0.4 is 0 Å². The van der Waals surface area contributed by atoms with E-state index in [-0.39, 0.29) is 11.8 Å². The Kier molecular flexibility index (Phi) is 3.90. The van der Waals surface area contributed by atoms with E-state index in [0.29, 0.717) is 0 Å². The number of hydrogen-bond acceptors (Lipinski definition) is 4. The van der Waals surface area contributed by atoms with Gasteiger partial charge in [0.15, 0.2) is 9.84 Å². The summed E-state index contributed by atoms with van der Waals surface area (Å²) >= 11 is 0. The number of aliphatic carboxylic acids is 1. The molecule has 1 amide bonds. The van der Waals surface area contributed by atoms with Crippen LogP contribution in [-0.4, -0.2) is 54.4 Å². The summed E-state index contributed by atoms with van der Waals surface area (Å²) in [5.74, 6) is -2.42.